The number of nitro groups is 1. The molecule has 202 valence electrons. The minimum atomic E-state index is -1.03. The van der Waals surface area contributed by atoms with Gasteiger partial charge in [0.15, 0.2) is 0 Å². The van der Waals surface area contributed by atoms with Gasteiger partial charge in [-0.2, -0.15) is 0 Å². The molecule has 3 aliphatic heterocycles. The smallest absolute Gasteiger partial charge is 0.269 e. The second-order valence-corrected chi connectivity index (χ2v) is 9.66. The Balaban J connectivity index is 1.42. The normalized spacial score (nSPS) is 22.4. The van der Waals surface area contributed by atoms with Crippen molar-refractivity contribution >= 4 is 46.5 Å². The van der Waals surface area contributed by atoms with Crippen LogP contribution in [0.3, 0.4) is 0 Å². The topological polar surface area (TPSA) is 131 Å². The lowest BCUT2D eigenvalue weighted by molar-refractivity contribution is -0.384. The SMILES string of the molecule is COc1ccc(N2C(=O)[C@@H]3[C@H](C2=O)[C@H]2C=Cc4ccccc4N2[C@@H]3C(=O)Nc2ccc([N+](=O)[O-])cc2)c(OC)c1. The minimum Gasteiger partial charge on any atom is -0.497 e. The van der Waals surface area contributed by atoms with Crippen molar-refractivity contribution in [3.63, 3.8) is 0 Å². The maximum absolute atomic E-state index is 14.1. The number of carbonyl (C=O) groups excluding carboxylic acids is 3. The Morgan fingerprint density at radius 2 is 1.65 bits per heavy atom. The lowest BCUT2D eigenvalue weighted by Gasteiger charge is -2.36. The molecule has 3 aromatic rings. The van der Waals surface area contributed by atoms with Crippen LogP contribution in [0.4, 0.5) is 22.7 Å². The molecule has 40 heavy (non-hydrogen) atoms. The number of nitrogens with zero attached hydrogens (tertiary/aromatic N) is 3. The number of rotatable bonds is 6. The molecule has 2 fully saturated rings. The van der Waals surface area contributed by atoms with Crippen molar-refractivity contribution < 1.29 is 28.8 Å². The first-order valence-electron chi connectivity index (χ1n) is 12.5. The fraction of sp³-hybridized carbons (Fsp3) is 0.207. The van der Waals surface area contributed by atoms with E-state index in [9.17, 15) is 24.5 Å². The number of non-ortho nitro benzene ring substituents is 1. The number of nitrogens with one attached hydrogen (secondary N) is 1. The Kier molecular flexibility index (Phi) is 5.98. The van der Waals surface area contributed by atoms with Crippen LogP contribution in [-0.4, -0.2) is 48.9 Å². The third-order valence-electron chi connectivity index (χ3n) is 7.66. The summed E-state index contributed by atoms with van der Waals surface area (Å²) >= 11 is 0. The molecule has 3 aliphatic rings. The maximum Gasteiger partial charge on any atom is 0.269 e. The van der Waals surface area contributed by atoms with Crippen molar-refractivity contribution in [3.05, 3.63) is 88.5 Å². The Bertz CT molecular complexity index is 1590. The molecule has 0 radical (unpaired) electrons. The Labute approximate surface area is 228 Å². The molecule has 4 atom stereocenters. The fourth-order valence-corrected chi connectivity index (χ4v) is 5.90. The molecule has 0 unspecified atom stereocenters. The predicted octanol–water partition coefficient (Wildman–Crippen LogP) is 3.64. The number of imide groups is 1. The highest BCUT2D eigenvalue weighted by Gasteiger charge is 2.64. The average Bonchev–Trinajstić information content (AvgIpc) is 3.45. The van der Waals surface area contributed by atoms with Crippen LogP contribution in [0, 0.1) is 22.0 Å². The van der Waals surface area contributed by atoms with E-state index in [1.165, 1.54) is 38.5 Å². The molecule has 6 rings (SSSR count). The number of carbonyl (C=O) groups is 3. The number of amides is 3. The van der Waals surface area contributed by atoms with Gasteiger partial charge in [-0.3, -0.25) is 24.5 Å². The molecule has 11 nitrogen and oxygen atoms in total. The molecular formula is C29H24N4O7. The Morgan fingerprint density at radius 3 is 2.35 bits per heavy atom. The molecule has 11 heteroatoms. The van der Waals surface area contributed by atoms with Gasteiger partial charge in [-0.1, -0.05) is 30.4 Å². The molecule has 3 amide bonds. The zero-order valence-electron chi connectivity index (χ0n) is 21.5. The van der Waals surface area contributed by atoms with Crippen LogP contribution < -0.4 is 24.6 Å². The lowest BCUT2D eigenvalue weighted by atomic mass is 9.88. The summed E-state index contributed by atoms with van der Waals surface area (Å²) < 4.78 is 10.7. The predicted molar refractivity (Wildman–Crippen MR) is 146 cm³/mol. The summed E-state index contributed by atoms with van der Waals surface area (Å²) in [4.78, 5) is 55.4. The number of ether oxygens (including phenoxy) is 2. The molecule has 3 heterocycles. The van der Waals surface area contributed by atoms with Gasteiger partial charge < -0.3 is 19.7 Å². The zero-order valence-corrected chi connectivity index (χ0v) is 21.5. The van der Waals surface area contributed by atoms with Crippen LogP contribution in [0.15, 0.2) is 72.8 Å². The van der Waals surface area contributed by atoms with Crippen molar-refractivity contribution in [2.24, 2.45) is 11.8 Å². The standard InChI is InChI=1S/C29H24N4O7/c1-39-19-12-14-21(23(15-19)40-2)32-28(35)24-22-13-7-16-5-3-4-6-20(16)31(22)26(25(24)29(32)36)27(34)30-17-8-10-18(11-9-17)33(37)38/h3-15,22,24-26H,1-2H3,(H,30,34)/t22-,24-,25-,26+/m1/s1. The van der Waals surface area contributed by atoms with Gasteiger partial charge in [-0.25, -0.2) is 4.90 Å². The van der Waals surface area contributed by atoms with Gasteiger partial charge in [-0.05, 0) is 35.9 Å². The molecule has 3 aromatic carbocycles. The van der Waals surface area contributed by atoms with Gasteiger partial charge in [-0.15, -0.1) is 0 Å². The van der Waals surface area contributed by atoms with Crippen molar-refractivity contribution in [2.75, 3.05) is 29.3 Å². The molecule has 0 aliphatic carbocycles. The third kappa shape index (κ3) is 3.77. The van der Waals surface area contributed by atoms with E-state index in [1.54, 1.807) is 18.2 Å². The molecule has 1 N–H and O–H groups in total. The minimum absolute atomic E-state index is 0.116. The van der Waals surface area contributed by atoms with Gasteiger partial charge in [0.2, 0.25) is 17.7 Å². The maximum atomic E-state index is 14.1. The summed E-state index contributed by atoms with van der Waals surface area (Å²) in [6.45, 7) is 0. The number of methoxy groups -OCH3 is 2. The van der Waals surface area contributed by atoms with E-state index in [2.05, 4.69) is 5.32 Å². The van der Waals surface area contributed by atoms with Crippen molar-refractivity contribution in [1.82, 2.24) is 0 Å². The van der Waals surface area contributed by atoms with Crippen LogP contribution >= 0.6 is 0 Å². The van der Waals surface area contributed by atoms with Crippen molar-refractivity contribution in [1.29, 1.82) is 0 Å². The van der Waals surface area contributed by atoms with E-state index in [4.69, 9.17) is 9.47 Å². The van der Waals surface area contributed by atoms with E-state index >= 15 is 0 Å². The average molecular weight is 541 g/mol. The van der Waals surface area contributed by atoms with Gasteiger partial charge in [0.25, 0.3) is 5.69 Å². The summed E-state index contributed by atoms with van der Waals surface area (Å²) in [5.41, 5.74) is 2.09. The highest BCUT2D eigenvalue weighted by Crippen LogP contribution is 2.50. The van der Waals surface area contributed by atoms with Crippen LogP contribution in [0.1, 0.15) is 5.56 Å². The van der Waals surface area contributed by atoms with Gasteiger partial charge in [0.05, 0.1) is 42.7 Å². The first kappa shape index (κ1) is 25.1. The Morgan fingerprint density at radius 1 is 0.925 bits per heavy atom. The number of benzene rings is 3. The Hall–Kier alpha value is -5.19. The monoisotopic (exact) mass is 540 g/mol. The van der Waals surface area contributed by atoms with Crippen LogP contribution in [0.2, 0.25) is 0 Å². The van der Waals surface area contributed by atoms with E-state index < -0.39 is 46.6 Å². The quantitative estimate of drug-likeness (QED) is 0.285. The van der Waals surface area contributed by atoms with Crippen LogP contribution in [0.25, 0.3) is 6.08 Å². The number of fused-ring (bicyclic) bond motifs is 5. The van der Waals surface area contributed by atoms with Crippen LogP contribution in [-0.2, 0) is 14.4 Å². The summed E-state index contributed by atoms with van der Waals surface area (Å²) in [7, 11) is 2.94. The molecule has 0 spiro atoms. The van der Waals surface area contributed by atoms with E-state index in [-0.39, 0.29) is 17.1 Å². The van der Waals surface area contributed by atoms with Gasteiger partial charge in [0, 0.05) is 29.6 Å². The molecule has 2 saturated heterocycles. The molecular weight excluding hydrogens is 516 g/mol. The number of anilines is 3. The molecule has 0 saturated carbocycles. The van der Waals surface area contributed by atoms with Gasteiger partial charge in [0.1, 0.15) is 17.5 Å². The number of nitro benzene ring substituents is 1. The van der Waals surface area contributed by atoms with Crippen molar-refractivity contribution in [3.8, 4) is 11.5 Å². The first-order valence-corrected chi connectivity index (χ1v) is 12.5. The van der Waals surface area contributed by atoms with Gasteiger partial charge >= 0.3 is 0 Å². The summed E-state index contributed by atoms with van der Waals surface area (Å²) in [5.74, 6) is -2.46. The lowest BCUT2D eigenvalue weighted by Crippen LogP contribution is -2.50. The second-order valence-electron chi connectivity index (χ2n) is 9.66. The fourth-order valence-electron chi connectivity index (χ4n) is 5.90. The molecule has 0 aromatic heterocycles. The van der Waals surface area contributed by atoms with Crippen molar-refractivity contribution in [2.45, 2.75) is 12.1 Å². The van der Waals surface area contributed by atoms with E-state index in [0.717, 1.165) is 16.2 Å². The third-order valence-corrected chi connectivity index (χ3v) is 7.66. The highest BCUT2D eigenvalue weighted by molar-refractivity contribution is 6.25. The van der Waals surface area contributed by atoms with Crippen LogP contribution in [0.5, 0.6) is 11.5 Å². The second kappa shape index (κ2) is 9.53. The molecule has 0 bridgehead atoms. The highest BCUT2D eigenvalue weighted by atomic mass is 16.6. The zero-order chi connectivity index (χ0) is 28.1. The summed E-state index contributed by atoms with van der Waals surface area (Å²) in [6.07, 6.45) is 3.76. The number of hydrogen-bond acceptors (Lipinski definition) is 8. The number of para-hydroxylation sites is 1. The van der Waals surface area contributed by atoms with E-state index in [0.29, 0.717) is 11.4 Å². The first-order chi connectivity index (χ1) is 19.3. The largest absolute Gasteiger partial charge is 0.497 e. The summed E-state index contributed by atoms with van der Waals surface area (Å²) in [5, 5.41) is 13.9. The summed E-state index contributed by atoms with van der Waals surface area (Å²) in [6, 6.07) is 16.2. The number of hydrogen-bond donors (Lipinski definition) is 1. The van der Waals surface area contributed by atoms with E-state index in [1.807, 2.05) is 41.3 Å².